The lowest BCUT2D eigenvalue weighted by atomic mass is 10.1. The van der Waals surface area contributed by atoms with Crippen LogP contribution in [0.1, 0.15) is 18.1 Å². The number of hydrogen-bond acceptors (Lipinski definition) is 3. The van der Waals surface area contributed by atoms with E-state index in [1.54, 1.807) is 7.11 Å². The highest BCUT2D eigenvalue weighted by Gasteiger charge is 2.02. The molecule has 0 spiro atoms. The van der Waals surface area contributed by atoms with Crippen LogP contribution >= 0.6 is 0 Å². The summed E-state index contributed by atoms with van der Waals surface area (Å²) in [6.45, 7) is 5.68. The summed E-state index contributed by atoms with van der Waals surface area (Å²) < 4.78 is 5.18. The summed E-state index contributed by atoms with van der Waals surface area (Å²) in [7, 11) is 1.65. The van der Waals surface area contributed by atoms with E-state index in [1.807, 2.05) is 32.0 Å². The number of amides is 1. The van der Waals surface area contributed by atoms with Crippen LogP contribution in [-0.2, 0) is 11.3 Å². The van der Waals surface area contributed by atoms with Gasteiger partial charge in [-0.1, -0.05) is 19.1 Å². The van der Waals surface area contributed by atoms with Crippen LogP contribution in [0.25, 0.3) is 0 Å². The van der Waals surface area contributed by atoms with Crippen molar-refractivity contribution in [3.63, 3.8) is 0 Å². The van der Waals surface area contributed by atoms with Crippen molar-refractivity contribution in [1.82, 2.24) is 10.6 Å². The average Bonchev–Trinajstić information content (AvgIpc) is 2.34. The van der Waals surface area contributed by atoms with Gasteiger partial charge in [-0.25, -0.2) is 0 Å². The summed E-state index contributed by atoms with van der Waals surface area (Å²) in [6, 6.07) is 5.90. The first-order valence-corrected chi connectivity index (χ1v) is 5.78. The number of ether oxygens (including phenoxy) is 1. The Bertz CT molecular complexity index is 378. The summed E-state index contributed by atoms with van der Waals surface area (Å²) in [5.74, 6) is 0.882. The normalized spacial score (nSPS) is 10.1. The number of nitrogens with one attached hydrogen (secondary N) is 2. The fourth-order valence-corrected chi connectivity index (χ4v) is 1.55. The third kappa shape index (κ3) is 4.44. The van der Waals surface area contributed by atoms with Gasteiger partial charge in [0.2, 0.25) is 5.91 Å². The van der Waals surface area contributed by atoms with E-state index < -0.39 is 0 Å². The van der Waals surface area contributed by atoms with Gasteiger partial charge in [0.15, 0.2) is 0 Å². The molecule has 0 aromatic heterocycles. The minimum absolute atomic E-state index is 0.0142. The maximum Gasteiger partial charge on any atom is 0.234 e. The first-order chi connectivity index (χ1) is 8.17. The zero-order valence-corrected chi connectivity index (χ0v) is 10.7. The van der Waals surface area contributed by atoms with Crippen LogP contribution < -0.4 is 15.4 Å². The zero-order valence-electron chi connectivity index (χ0n) is 10.7. The van der Waals surface area contributed by atoms with E-state index in [0.29, 0.717) is 13.1 Å². The van der Waals surface area contributed by atoms with Gasteiger partial charge in [-0.2, -0.15) is 0 Å². The Morgan fingerprint density at radius 2 is 2.18 bits per heavy atom. The van der Waals surface area contributed by atoms with E-state index >= 15 is 0 Å². The Labute approximate surface area is 102 Å². The Morgan fingerprint density at radius 3 is 2.76 bits per heavy atom. The number of carbonyl (C=O) groups excluding carboxylic acids is 1. The number of benzene rings is 1. The van der Waals surface area contributed by atoms with Crippen LogP contribution in [0.15, 0.2) is 18.2 Å². The van der Waals surface area contributed by atoms with Crippen LogP contribution in [0.3, 0.4) is 0 Å². The second kappa shape index (κ2) is 6.91. The lowest BCUT2D eigenvalue weighted by Gasteiger charge is -2.09. The highest BCUT2D eigenvalue weighted by atomic mass is 16.5. The van der Waals surface area contributed by atoms with Gasteiger partial charge < -0.3 is 15.4 Å². The maximum atomic E-state index is 11.4. The van der Waals surface area contributed by atoms with E-state index in [1.165, 1.54) is 0 Å². The molecule has 1 aromatic carbocycles. The predicted molar refractivity (Wildman–Crippen MR) is 68.1 cm³/mol. The standard InChI is InChI=1S/C13H20N2O2/c1-4-14-9-13(16)15-8-11-5-6-12(17-3)10(2)7-11/h5-7,14H,4,8-9H2,1-3H3,(H,15,16). The molecule has 4 heteroatoms. The molecule has 2 N–H and O–H groups in total. The Kier molecular flexibility index (Phi) is 5.49. The molecule has 17 heavy (non-hydrogen) atoms. The largest absolute Gasteiger partial charge is 0.496 e. The molecule has 94 valence electrons. The van der Waals surface area contributed by atoms with Crippen LogP contribution in [-0.4, -0.2) is 26.1 Å². The molecule has 0 heterocycles. The molecular weight excluding hydrogens is 216 g/mol. The van der Waals surface area contributed by atoms with E-state index in [4.69, 9.17) is 4.74 Å². The van der Waals surface area contributed by atoms with Crippen molar-refractivity contribution >= 4 is 5.91 Å². The maximum absolute atomic E-state index is 11.4. The highest BCUT2D eigenvalue weighted by molar-refractivity contribution is 5.77. The second-order valence-electron chi connectivity index (χ2n) is 3.86. The van der Waals surface area contributed by atoms with Crippen LogP contribution in [0, 0.1) is 6.92 Å². The molecule has 0 aliphatic rings. The van der Waals surface area contributed by atoms with Gasteiger partial charge in [-0.15, -0.1) is 0 Å². The predicted octanol–water partition coefficient (Wildman–Crippen LogP) is 1.23. The first kappa shape index (κ1) is 13.5. The molecule has 1 aromatic rings. The average molecular weight is 236 g/mol. The molecule has 1 amide bonds. The van der Waals surface area contributed by atoms with Crippen molar-refractivity contribution in [2.75, 3.05) is 20.2 Å². The molecule has 1 rings (SSSR count). The fraction of sp³-hybridized carbons (Fsp3) is 0.462. The third-order valence-electron chi connectivity index (χ3n) is 2.48. The van der Waals surface area contributed by atoms with Crippen LogP contribution in [0.5, 0.6) is 5.75 Å². The Morgan fingerprint density at radius 1 is 1.41 bits per heavy atom. The number of likely N-dealkylation sites (N-methyl/N-ethyl adjacent to an activating group) is 1. The number of methoxy groups -OCH3 is 1. The Balaban J connectivity index is 2.47. The van der Waals surface area contributed by atoms with Crippen molar-refractivity contribution in [2.45, 2.75) is 20.4 Å². The summed E-state index contributed by atoms with van der Waals surface area (Å²) in [5.41, 5.74) is 2.15. The van der Waals surface area contributed by atoms with E-state index in [2.05, 4.69) is 10.6 Å². The molecule has 0 saturated carbocycles. The van der Waals surface area contributed by atoms with Gasteiger partial charge in [-0.05, 0) is 30.7 Å². The smallest absolute Gasteiger partial charge is 0.234 e. The van der Waals surface area contributed by atoms with Crippen molar-refractivity contribution in [3.8, 4) is 5.75 Å². The monoisotopic (exact) mass is 236 g/mol. The molecule has 0 saturated heterocycles. The quantitative estimate of drug-likeness (QED) is 0.781. The number of rotatable bonds is 6. The first-order valence-electron chi connectivity index (χ1n) is 5.78. The SMILES string of the molecule is CCNCC(=O)NCc1ccc(OC)c(C)c1. The molecule has 0 unspecified atom stereocenters. The van der Waals surface area contributed by atoms with Crippen LogP contribution in [0.4, 0.5) is 0 Å². The zero-order chi connectivity index (χ0) is 12.7. The van der Waals surface area contributed by atoms with Crippen molar-refractivity contribution in [3.05, 3.63) is 29.3 Å². The van der Waals surface area contributed by atoms with Gasteiger partial charge in [0.05, 0.1) is 13.7 Å². The molecule has 0 aliphatic heterocycles. The summed E-state index contributed by atoms with van der Waals surface area (Å²) in [4.78, 5) is 11.4. The van der Waals surface area contributed by atoms with Crippen molar-refractivity contribution < 1.29 is 9.53 Å². The molecule has 0 aliphatic carbocycles. The molecular formula is C13H20N2O2. The highest BCUT2D eigenvalue weighted by Crippen LogP contribution is 2.18. The van der Waals surface area contributed by atoms with E-state index in [0.717, 1.165) is 23.4 Å². The van der Waals surface area contributed by atoms with Crippen LogP contribution in [0.2, 0.25) is 0 Å². The molecule has 0 atom stereocenters. The number of carbonyl (C=O) groups is 1. The minimum Gasteiger partial charge on any atom is -0.496 e. The topological polar surface area (TPSA) is 50.4 Å². The fourth-order valence-electron chi connectivity index (χ4n) is 1.55. The van der Waals surface area contributed by atoms with Gasteiger partial charge in [0.25, 0.3) is 0 Å². The summed E-state index contributed by atoms with van der Waals surface area (Å²) in [5, 5.41) is 5.84. The minimum atomic E-state index is 0.0142. The number of aryl methyl sites for hydroxylation is 1. The number of hydrogen-bond donors (Lipinski definition) is 2. The van der Waals surface area contributed by atoms with E-state index in [9.17, 15) is 4.79 Å². The lowest BCUT2D eigenvalue weighted by molar-refractivity contribution is -0.120. The third-order valence-corrected chi connectivity index (χ3v) is 2.48. The molecule has 0 bridgehead atoms. The molecule has 0 radical (unpaired) electrons. The van der Waals surface area contributed by atoms with Gasteiger partial charge >= 0.3 is 0 Å². The second-order valence-corrected chi connectivity index (χ2v) is 3.86. The van der Waals surface area contributed by atoms with Gasteiger partial charge in [-0.3, -0.25) is 4.79 Å². The van der Waals surface area contributed by atoms with E-state index in [-0.39, 0.29) is 5.91 Å². The lowest BCUT2D eigenvalue weighted by Crippen LogP contribution is -2.33. The van der Waals surface area contributed by atoms with Crippen molar-refractivity contribution in [1.29, 1.82) is 0 Å². The van der Waals surface area contributed by atoms with Crippen molar-refractivity contribution in [2.24, 2.45) is 0 Å². The molecule has 4 nitrogen and oxygen atoms in total. The molecule has 0 fully saturated rings. The summed E-state index contributed by atoms with van der Waals surface area (Å²) >= 11 is 0. The summed E-state index contributed by atoms with van der Waals surface area (Å²) in [6.07, 6.45) is 0. The Hall–Kier alpha value is -1.55. The van der Waals surface area contributed by atoms with Gasteiger partial charge in [0.1, 0.15) is 5.75 Å². The van der Waals surface area contributed by atoms with Gasteiger partial charge in [0, 0.05) is 6.54 Å².